The van der Waals surface area contributed by atoms with Gasteiger partial charge in [-0.05, 0) is 36.1 Å². The number of anilines is 1. The van der Waals surface area contributed by atoms with Gasteiger partial charge >= 0.3 is 6.03 Å². The molecule has 0 saturated carbocycles. The second kappa shape index (κ2) is 6.61. The number of hydrogen-bond donors (Lipinski definition) is 0. The maximum Gasteiger partial charge on any atom is 0.332 e. The molecule has 2 atom stereocenters. The number of hydrogen-bond acceptors (Lipinski definition) is 3. The van der Waals surface area contributed by atoms with E-state index in [2.05, 4.69) is 0 Å². The number of amides is 3. The average molecular weight is 368 g/mol. The molecule has 2 aromatic rings. The van der Waals surface area contributed by atoms with Crippen LogP contribution >= 0.6 is 11.8 Å². The van der Waals surface area contributed by atoms with Crippen molar-refractivity contribution >= 4 is 29.4 Å². The molecule has 26 heavy (non-hydrogen) atoms. The SMILES string of the molecule is Cc1cccc(N2C(=O)C3SC=CC3N(Cc3ccccc3F)C2=O)c1. The fourth-order valence-electron chi connectivity index (χ4n) is 3.33. The number of thioether (sulfide) groups is 1. The predicted octanol–water partition coefficient (Wildman–Crippen LogP) is 4.10. The van der Waals surface area contributed by atoms with Gasteiger partial charge in [-0.2, -0.15) is 0 Å². The Morgan fingerprint density at radius 2 is 1.92 bits per heavy atom. The van der Waals surface area contributed by atoms with E-state index in [9.17, 15) is 14.0 Å². The molecule has 2 unspecified atom stereocenters. The van der Waals surface area contributed by atoms with Gasteiger partial charge in [0.05, 0.1) is 18.3 Å². The molecular formula is C20H17FN2O2S. The van der Waals surface area contributed by atoms with Crippen LogP contribution in [0.3, 0.4) is 0 Å². The lowest BCUT2D eigenvalue weighted by atomic mass is 10.1. The van der Waals surface area contributed by atoms with Gasteiger partial charge in [0.25, 0.3) is 5.91 Å². The van der Waals surface area contributed by atoms with Gasteiger partial charge in [-0.1, -0.05) is 36.4 Å². The van der Waals surface area contributed by atoms with Crippen molar-refractivity contribution in [3.63, 3.8) is 0 Å². The minimum Gasteiger partial charge on any atom is -0.311 e. The fraction of sp³-hybridized carbons (Fsp3) is 0.200. The molecule has 0 aliphatic carbocycles. The highest BCUT2D eigenvalue weighted by Crippen LogP contribution is 2.37. The van der Waals surface area contributed by atoms with Gasteiger partial charge in [0.2, 0.25) is 0 Å². The summed E-state index contributed by atoms with van der Waals surface area (Å²) in [6.07, 6.45) is 1.85. The van der Waals surface area contributed by atoms with Gasteiger partial charge in [0.15, 0.2) is 0 Å². The molecule has 0 N–H and O–H groups in total. The number of rotatable bonds is 3. The van der Waals surface area contributed by atoms with Crippen LogP contribution in [0.5, 0.6) is 0 Å². The summed E-state index contributed by atoms with van der Waals surface area (Å²) in [4.78, 5) is 28.9. The van der Waals surface area contributed by atoms with Gasteiger partial charge in [-0.3, -0.25) is 4.79 Å². The highest BCUT2D eigenvalue weighted by atomic mass is 32.2. The third-order valence-corrected chi connectivity index (χ3v) is 5.72. The lowest BCUT2D eigenvalue weighted by Crippen LogP contribution is -2.61. The van der Waals surface area contributed by atoms with E-state index in [0.717, 1.165) is 5.56 Å². The van der Waals surface area contributed by atoms with Crippen LogP contribution < -0.4 is 4.90 Å². The highest BCUT2D eigenvalue weighted by Gasteiger charge is 2.47. The van der Waals surface area contributed by atoms with Crippen LogP contribution in [0.2, 0.25) is 0 Å². The zero-order valence-electron chi connectivity index (χ0n) is 14.1. The average Bonchev–Trinajstić information content (AvgIpc) is 3.10. The lowest BCUT2D eigenvalue weighted by molar-refractivity contribution is -0.119. The van der Waals surface area contributed by atoms with E-state index in [1.54, 1.807) is 29.2 Å². The summed E-state index contributed by atoms with van der Waals surface area (Å²) in [5.41, 5.74) is 1.94. The maximum atomic E-state index is 14.1. The zero-order valence-corrected chi connectivity index (χ0v) is 14.9. The first-order valence-electron chi connectivity index (χ1n) is 8.33. The number of carbonyl (C=O) groups is 2. The first-order valence-corrected chi connectivity index (χ1v) is 9.27. The molecule has 0 radical (unpaired) electrons. The molecule has 4 rings (SSSR count). The van der Waals surface area contributed by atoms with Gasteiger partial charge in [0.1, 0.15) is 11.1 Å². The smallest absolute Gasteiger partial charge is 0.311 e. The number of benzene rings is 2. The van der Waals surface area contributed by atoms with Gasteiger partial charge < -0.3 is 4.90 Å². The molecule has 4 nitrogen and oxygen atoms in total. The number of halogens is 1. The van der Waals surface area contributed by atoms with Crippen LogP contribution in [0, 0.1) is 12.7 Å². The second-order valence-corrected chi connectivity index (χ2v) is 7.44. The first kappa shape index (κ1) is 16.8. The molecule has 2 aliphatic rings. The molecule has 1 saturated heterocycles. The van der Waals surface area contributed by atoms with Crippen molar-refractivity contribution in [1.29, 1.82) is 0 Å². The van der Waals surface area contributed by atoms with Crippen LogP contribution in [0.15, 0.2) is 60.0 Å². The molecule has 2 heterocycles. The molecule has 2 aliphatic heterocycles. The third-order valence-electron chi connectivity index (χ3n) is 4.63. The van der Waals surface area contributed by atoms with Crippen molar-refractivity contribution in [2.45, 2.75) is 24.8 Å². The van der Waals surface area contributed by atoms with E-state index in [1.807, 2.05) is 36.6 Å². The maximum absolute atomic E-state index is 14.1. The standard InChI is InChI=1S/C20H17FN2O2S/c1-13-5-4-7-15(11-13)23-19(24)18-17(9-10-26-18)22(20(23)25)12-14-6-2-3-8-16(14)21/h2-11,17-18H,12H2,1H3. The number of urea groups is 1. The quantitative estimate of drug-likeness (QED) is 0.819. The predicted molar refractivity (Wildman–Crippen MR) is 100 cm³/mol. The van der Waals surface area contributed by atoms with Crippen LogP contribution in [0.1, 0.15) is 11.1 Å². The Morgan fingerprint density at radius 3 is 2.69 bits per heavy atom. The Morgan fingerprint density at radius 1 is 1.12 bits per heavy atom. The Hall–Kier alpha value is -2.60. The fourth-order valence-corrected chi connectivity index (χ4v) is 4.37. The van der Waals surface area contributed by atoms with Gasteiger partial charge in [0, 0.05) is 5.56 Å². The summed E-state index contributed by atoms with van der Waals surface area (Å²) >= 11 is 1.40. The van der Waals surface area contributed by atoms with Crippen LogP contribution in [-0.2, 0) is 11.3 Å². The van der Waals surface area contributed by atoms with E-state index in [0.29, 0.717) is 11.3 Å². The number of carbonyl (C=O) groups excluding carboxylic acids is 2. The molecule has 0 aromatic heterocycles. The molecule has 0 bridgehead atoms. The van der Waals surface area contributed by atoms with Crippen molar-refractivity contribution in [3.8, 4) is 0 Å². The van der Waals surface area contributed by atoms with E-state index in [1.165, 1.54) is 22.7 Å². The summed E-state index contributed by atoms with van der Waals surface area (Å²) < 4.78 is 14.1. The normalized spacial score (nSPS) is 22.1. The van der Waals surface area contributed by atoms with E-state index >= 15 is 0 Å². The number of aryl methyl sites for hydroxylation is 1. The number of nitrogens with zero attached hydrogens (tertiary/aromatic N) is 2. The summed E-state index contributed by atoms with van der Waals surface area (Å²) in [7, 11) is 0. The van der Waals surface area contributed by atoms with E-state index < -0.39 is 11.3 Å². The summed E-state index contributed by atoms with van der Waals surface area (Å²) in [6.45, 7) is 2.03. The zero-order chi connectivity index (χ0) is 18.3. The monoisotopic (exact) mass is 368 g/mol. The van der Waals surface area contributed by atoms with Gasteiger partial charge in [-0.15, -0.1) is 11.8 Å². The summed E-state index contributed by atoms with van der Waals surface area (Å²) in [5, 5.41) is 1.44. The Balaban J connectivity index is 1.73. The molecule has 3 amide bonds. The minimum atomic E-state index is -0.419. The van der Waals surface area contributed by atoms with Crippen LogP contribution in [-0.4, -0.2) is 28.1 Å². The summed E-state index contributed by atoms with van der Waals surface area (Å²) in [5.74, 6) is -0.587. The Labute approximate surface area is 155 Å². The first-order chi connectivity index (χ1) is 12.6. The lowest BCUT2D eigenvalue weighted by Gasteiger charge is -2.41. The van der Waals surface area contributed by atoms with E-state index in [4.69, 9.17) is 0 Å². The topological polar surface area (TPSA) is 40.6 Å². The Kier molecular flexibility index (Phi) is 4.28. The highest BCUT2D eigenvalue weighted by molar-refractivity contribution is 8.03. The van der Waals surface area contributed by atoms with Crippen molar-refractivity contribution in [3.05, 3.63) is 77.0 Å². The van der Waals surface area contributed by atoms with Crippen LogP contribution in [0.25, 0.3) is 0 Å². The van der Waals surface area contributed by atoms with E-state index in [-0.39, 0.29) is 24.3 Å². The number of imide groups is 1. The molecule has 0 spiro atoms. The molecule has 6 heteroatoms. The van der Waals surface area contributed by atoms with Crippen molar-refractivity contribution < 1.29 is 14.0 Å². The Bertz CT molecular complexity index is 914. The molecule has 132 valence electrons. The van der Waals surface area contributed by atoms with Crippen molar-refractivity contribution in [2.24, 2.45) is 0 Å². The summed E-state index contributed by atoms with van der Waals surface area (Å²) in [6, 6.07) is 12.9. The number of fused-ring (bicyclic) bond motifs is 1. The minimum absolute atomic E-state index is 0.118. The molecule has 1 fully saturated rings. The van der Waals surface area contributed by atoms with Crippen molar-refractivity contribution in [2.75, 3.05) is 4.90 Å². The molecule has 2 aromatic carbocycles. The van der Waals surface area contributed by atoms with Crippen molar-refractivity contribution in [1.82, 2.24) is 4.90 Å². The molecular weight excluding hydrogens is 351 g/mol. The largest absolute Gasteiger partial charge is 0.332 e. The van der Waals surface area contributed by atoms with Gasteiger partial charge in [-0.25, -0.2) is 14.1 Å². The third kappa shape index (κ3) is 2.80. The van der Waals surface area contributed by atoms with Crippen LogP contribution in [0.4, 0.5) is 14.9 Å². The second-order valence-electron chi connectivity index (χ2n) is 6.39.